The first-order chi connectivity index (χ1) is 8.80. The summed E-state index contributed by atoms with van der Waals surface area (Å²) in [6.45, 7) is 4.21. The Bertz CT molecular complexity index is 353. The van der Waals surface area contributed by atoms with Crippen LogP contribution in [-0.2, 0) is 16.0 Å². The van der Waals surface area contributed by atoms with Crippen LogP contribution in [0.25, 0.3) is 0 Å². The zero-order chi connectivity index (χ0) is 13.0. The van der Waals surface area contributed by atoms with Crippen molar-refractivity contribution in [2.24, 2.45) is 0 Å². The molecule has 102 valence electrons. The fourth-order valence-electron chi connectivity index (χ4n) is 2.24. The zero-order valence-corrected chi connectivity index (χ0v) is 11.2. The Balaban J connectivity index is 2.16. The molecule has 1 N–H and O–H groups in total. The molecule has 2 rings (SSSR count). The quantitative estimate of drug-likeness (QED) is 0.819. The number of rotatable bonds is 6. The number of nitrogens with one attached hydrogen (secondary N) is 1. The molecule has 0 radical (unpaired) electrons. The number of methoxy groups -OCH3 is 1. The van der Waals surface area contributed by atoms with Crippen LogP contribution < -0.4 is 10.1 Å². The van der Waals surface area contributed by atoms with E-state index in [1.54, 1.807) is 13.3 Å². The van der Waals surface area contributed by atoms with Crippen molar-refractivity contribution in [2.75, 3.05) is 27.4 Å². The highest BCUT2D eigenvalue weighted by molar-refractivity contribution is 5.28. The van der Waals surface area contributed by atoms with E-state index < -0.39 is 0 Å². The molecule has 1 aromatic heterocycles. The summed E-state index contributed by atoms with van der Waals surface area (Å²) in [4.78, 5) is 0. The van der Waals surface area contributed by atoms with Crippen LogP contribution in [0.2, 0.25) is 0 Å². The standard InChI is InChI=1S/C12H21N3O3/c1-4-15-12(10(16-3)8-14-15)9(13-2)7-11-17-5-6-18-11/h8-9,11,13H,4-7H2,1-3H3. The van der Waals surface area contributed by atoms with Crippen molar-refractivity contribution in [3.8, 4) is 5.75 Å². The molecular weight excluding hydrogens is 234 g/mol. The molecule has 18 heavy (non-hydrogen) atoms. The highest BCUT2D eigenvalue weighted by Crippen LogP contribution is 2.29. The third kappa shape index (κ3) is 2.66. The lowest BCUT2D eigenvalue weighted by atomic mass is 10.1. The van der Waals surface area contributed by atoms with Gasteiger partial charge in [0.2, 0.25) is 0 Å². The van der Waals surface area contributed by atoms with Crippen molar-refractivity contribution < 1.29 is 14.2 Å². The highest BCUT2D eigenvalue weighted by atomic mass is 16.7. The Morgan fingerprint density at radius 2 is 2.28 bits per heavy atom. The van der Waals surface area contributed by atoms with Gasteiger partial charge >= 0.3 is 0 Å². The Labute approximate surface area is 107 Å². The van der Waals surface area contributed by atoms with Gasteiger partial charge < -0.3 is 19.5 Å². The molecular formula is C12H21N3O3. The molecule has 0 spiro atoms. The summed E-state index contributed by atoms with van der Waals surface area (Å²) >= 11 is 0. The van der Waals surface area contributed by atoms with Crippen molar-refractivity contribution >= 4 is 0 Å². The molecule has 0 bridgehead atoms. The van der Waals surface area contributed by atoms with Crippen LogP contribution in [0, 0.1) is 0 Å². The van der Waals surface area contributed by atoms with E-state index >= 15 is 0 Å². The van der Waals surface area contributed by atoms with Crippen molar-refractivity contribution in [3.63, 3.8) is 0 Å². The minimum atomic E-state index is -0.146. The number of aryl methyl sites for hydroxylation is 1. The first-order valence-electron chi connectivity index (χ1n) is 6.30. The van der Waals surface area contributed by atoms with Crippen LogP contribution in [0.5, 0.6) is 5.75 Å². The molecule has 1 atom stereocenters. The first kappa shape index (κ1) is 13.3. The number of ether oxygens (including phenoxy) is 3. The van der Waals surface area contributed by atoms with Crippen molar-refractivity contribution in [1.82, 2.24) is 15.1 Å². The monoisotopic (exact) mass is 255 g/mol. The molecule has 1 aromatic rings. The third-order valence-corrected chi connectivity index (χ3v) is 3.16. The van der Waals surface area contributed by atoms with E-state index in [1.807, 2.05) is 11.7 Å². The first-order valence-corrected chi connectivity index (χ1v) is 6.30. The van der Waals surface area contributed by atoms with Gasteiger partial charge in [0.1, 0.15) is 0 Å². The molecule has 6 heteroatoms. The second-order valence-electron chi connectivity index (χ2n) is 4.16. The molecule has 0 amide bonds. The lowest BCUT2D eigenvalue weighted by Crippen LogP contribution is -2.26. The predicted octanol–water partition coefficient (Wildman–Crippen LogP) is 0.935. The number of nitrogens with zero attached hydrogens (tertiary/aromatic N) is 2. The van der Waals surface area contributed by atoms with E-state index in [9.17, 15) is 0 Å². The maximum atomic E-state index is 5.50. The molecule has 0 aliphatic carbocycles. The number of aromatic nitrogens is 2. The second-order valence-corrected chi connectivity index (χ2v) is 4.16. The van der Waals surface area contributed by atoms with Gasteiger partial charge in [0, 0.05) is 13.0 Å². The van der Waals surface area contributed by atoms with Gasteiger partial charge in [-0.3, -0.25) is 4.68 Å². The summed E-state index contributed by atoms with van der Waals surface area (Å²) in [6.07, 6.45) is 2.35. The summed E-state index contributed by atoms with van der Waals surface area (Å²) in [6, 6.07) is 0.102. The lowest BCUT2D eigenvalue weighted by Gasteiger charge is -2.21. The highest BCUT2D eigenvalue weighted by Gasteiger charge is 2.26. The molecule has 2 heterocycles. The van der Waals surface area contributed by atoms with E-state index in [4.69, 9.17) is 14.2 Å². The average molecular weight is 255 g/mol. The Morgan fingerprint density at radius 1 is 1.56 bits per heavy atom. The van der Waals surface area contributed by atoms with E-state index in [1.165, 1.54) is 0 Å². The number of hydrogen-bond acceptors (Lipinski definition) is 5. The fraction of sp³-hybridized carbons (Fsp3) is 0.750. The van der Waals surface area contributed by atoms with E-state index in [0.717, 1.165) is 24.4 Å². The molecule has 1 unspecified atom stereocenters. The van der Waals surface area contributed by atoms with Crippen LogP contribution in [0.3, 0.4) is 0 Å². The fourth-order valence-corrected chi connectivity index (χ4v) is 2.24. The summed E-state index contributed by atoms with van der Waals surface area (Å²) in [5.41, 5.74) is 1.04. The van der Waals surface area contributed by atoms with Gasteiger partial charge in [0.15, 0.2) is 12.0 Å². The molecule has 1 aliphatic heterocycles. The Morgan fingerprint density at radius 3 is 2.83 bits per heavy atom. The van der Waals surface area contributed by atoms with Gasteiger partial charge in [-0.15, -0.1) is 0 Å². The van der Waals surface area contributed by atoms with E-state index in [2.05, 4.69) is 17.3 Å². The maximum absolute atomic E-state index is 5.50. The van der Waals surface area contributed by atoms with Gasteiger partial charge in [0.25, 0.3) is 0 Å². The normalized spacial score (nSPS) is 18.2. The smallest absolute Gasteiger partial charge is 0.161 e. The summed E-state index contributed by atoms with van der Waals surface area (Å²) in [5.74, 6) is 0.800. The van der Waals surface area contributed by atoms with Gasteiger partial charge in [-0.05, 0) is 14.0 Å². The second kappa shape index (κ2) is 6.17. The average Bonchev–Trinajstić information content (AvgIpc) is 3.04. The van der Waals surface area contributed by atoms with E-state index in [-0.39, 0.29) is 12.3 Å². The number of hydrogen-bond donors (Lipinski definition) is 1. The van der Waals surface area contributed by atoms with Gasteiger partial charge in [-0.25, -0.2) is 0 Å². The maximum Gasteiger partial charge on any atom is 0.161 e. The summed E-state index contributed by atoms with van der Waals surface area (Å²) in [5, 5.41) is 7.60. The minimum Gasteiger partial charge on any atom is -0.493 e. The van der Waals surface area contributed by atoms with Gasteiger partial charge in [-0.2, -0.15) is 5.10 Å². The molecule has 0 aromatic carbocycles. The summed E-state index contributed by atoms with van der Waals surface area (Å²) in [7, 11) is 3.59. The third-order valence-electron chi connectivity index (χ3n) is 3.16. The minimum absolute atomic E-state index is 0.102. The van der Waals surface area contributed by atoms with Crippen molar-refractivity contribution in [1.29, 1.82) is 0 Å². The van der Waals surface area contributed by atoms with Crippen molar-refractivity contribution in [3.05, 3.63) is 11.9 Å². The van der Waals surface area contributed by atoms with Crippen LogP contribution in [-0.4, -0.2) is 43.4 Å². The van der Waals surface area contributed by atoms with Crippen LogP contribution >= 0.6 is 0 Å². The largest absolute Gasteiger partial charge is 0.493 e. The molecule has 1 saturated heterocycles. The van der Waals surface area contributed by atoms with Crippen LogP contribution in [0.1, 0.15) is 25.1 Å². The van der Waals surface area contributed by atoms with E-state index in [0.29, 0.717) is 13.2 Å². The van der Waals surface area contributed by atoms with Crippen molar-refractivity contribution in [2.45, 2.75) is 32.2 Å². The Hall–Kier alpha value is -1.11. The molecule has 0 saturated carbocycles. The molecule has 6 nitrogen and oxygen atoms in total. The lowest BCUT2D eigenvalue weighted by molar-refractivity contribution is -0.0531. The molecule has 1 aliphatic rings. The summed E-state index contributed by atoms with van der Waals surface area (Å²) < 4.78 is 18.3. The topological polar surface area (TPSA) is 57.5 Å². The predicted molar refractivity (Wildman–Crippen MR) is 66.6 cm³/mol. The van der Waals surface area contributed by atoms with Gasteiger partial charge in [-0.1, -0.05) is 0 Å². The SMILES string of the molecule is CCn1ncc(OC)c1C(CC1OCCO1)NC. The molecule has 1 fully saturated rings. The van der Waals surface area contributed by atoms with Gasteiger partial charge in [0.05, 0.1) is 38.3 Å². The van der Waals surface area contributed by atoms with Crippen LogP contribution in [0.4, 0.5) is 0 Å². The zero-order valence-electron chi connectivity index (χ0n) is 11.2. The Kier molecular flexibility index (Phi) is 4.57. The van der Waals surface area contributed by atoms with Crippen LogP contribution in [0.15, 0.2) is 6.20 Å².